The van der Waals surface area contributed by atoms with E-state index in [4.69, 9.17) is 9.88 Å². The van der Waals surface area contributed by atoms with Crippen molar-refractivity contribution in [3.63, 3.8) is 0 Å². The molecular formula is C9H15N3O3S. The lowest BCUT2D eigenvalue weighted by Gasteiger charge is -2.13. The van der Waals surface area contributed by atoms with E-state index in [1.807, 2.05) is 0 Å². The minimum absolute atomic E-state index is 0.0898. The molecule has 1 aliphatic carbocycles. The zero-order valence-electron chi connectivity index (χ0n) is 9.25. The summed E-state index contributed by atoms with van der Waals surface area (Å²) in [5, 5.41) is 8.81. The van der Waals surface area contributed by atoms with Gasteiger partial charge in [0, 0.05) is 20.2 Å². The maximum absolute atomic E-state index is 11.2. The van der Waals surface area contributed by atoms with Crippen molar-refractivity contribution in [2.75, 3.05) is 7.11 Å². The largest absolute Gasteiger partial charge is 0.375 e. The molecular weight excluding hydrogens is 230 g/mol. The predicted octanol–water partition coefficient (Wildman–Crippen LogP) is 0.165. The van der Waals surface area contributed by atoms with Crippen molar-refractivity contribution in [1.82, 2.24) is 9.78 Å². The molecule has 2 N–H and O–H groups in total. The molecule has 2 rings (SSSR count). The van der Waals surface area contributed by atoms with Crippen LogP contribution in [-0.4, -0.2) is 25.3 Å². The Morgan fingerprint density at radius 1 is 1.62 bits per heavy atom. The molecule has 0 spiro atoms. The SMILES string of the molecule is COC(c1cc(S(N)(=O)=O)nn1C)C1CC1. The molecule has 1 unspecified atom stereocenters. The van der Waals surface area contributed by atoms with E-state index >= 15 is 0 Å². The van der Waals surface area contributed by atoms with Crippen LogP contribution in [0.3, 0.4) is 0 Å². The first-order valence-corrected chi connectivity index (χ1v) is 6.57. The van der Waals surface area contributed by atoms with Crippen molar-refractivity contribution in [2.45, 2.75) is 24.0 Å². The fourth-order valence-corrected chi connectivity index (χ4v) is 2.33. The summed E-state index contributed by atoms with van der Waals surface area (Å²) >= 11 is 0. The summed E-state index contributed by atoms with van der Waals surface area (Å²) in [7, 11) is -0.428. The number of rotatable bonds is 4. The molecule has 1 fully saturated rings. The summed E-state index contributed by atoms with van der Waals surface area (Å²) in [6, 6.07) is 1.49. The Hall–Kier alpha value is -0.920. The van der Waals surface area contributed by atoms with Crippen LogP contribution in [-0.2, 0) is 21.8 Å². The normalized spacial score (nSPS) is 18.7. The van der Waals surface area contributed by atoms with Crippen LogP contribution in [0.5, 0.6) is 0 Å². The Bertz CT molecular complexity index is 490. The lowest BCUT2D eigenvalue weighted by Crippen LogP contribution is -2.13. The molecule has 0 amide bonds. The van der Waals surface area contributed by atoms with Crippen LogP contribution in [0.25, 0.3) is 0 Å². The molecule has 0 saturated heterocycles. The molecule has 0 bridgehead atoms. The van der Waals surface area contributed by atoms with E-state index in [0.29, 0.717) is 5.92 Å². The highest BCUT2D eigenvalue weighted by Gasteiger charge is 2.35. The van der Waals surface area contributed by atoms with Crippen LogP contribution in [0, 0.1) is 5.92 Å². The van der Waals surface area contributed by atoms with Crippen LogP contribution in [0.1, 0.15) is 24.6 Å². The summed E-state index contributed by atoms with van der Waals surface area (Å²) in [5.74, 6) is 0.466. The summed E-state index contributed by atoms with van der Waals surface area (Å²) < 4.78 is 29.2. The molecule has 0 aliphatic heterocycles. The highest BCUT2D eigenvalue weighted by atomic mass is 32.2. The number of aromatic nitrogens is 2. The lowest BCUT2D eigenvalue weighted by molar-refractivity contribution is 0.0778. The van der Waals surface area contributed by atoms with Crippen LogP contribution in [0.15, 0.2) is 11.1 Å². The number of nitrogens with two attached hydrogens (primary N) is 1. The molecule has 1 heterocycles. The number of nitrogens with zero attached hydrogens (tertiary/aromatic N) is 2. The number of ether oxygens (including phenoxy) is 1. The fourth-order valence-electron chi connectivity index (χ4n) is 1.81. The van der Waals surface area contributed by atoms with Gasteiger partial charge in [0.05, 0.1) is 5.69 Å². The van der Waals surface area contributed by atoms with Gasteiger partial charge in [-0.1, -0.05) is 0 Å². The Morgan fingerprint density at radius 2 is 2.25 bits per heavy atom. The number of aryl methyl sites for hydroxylation is 1. The Labute approximate surface area is 94.4 Å². The van der Waals surface area contributed by atoms with Gasteiger partial charge in [-0.2, -0.15) is 5.10 Å². The Kier molecular flexibility index (Phi) is 2.77. The molecule has 0 radical (unpaired) electrons. The van der Waals surface area contributed by atoms with Gasteiger partial charge < -0.3 is 4.74 Å². The number of hydrogen-bond acceptors (Lipinski definition) is 4. The van der Waals surface area contributed by atoms with E-state index in [9.17, 15) is 8.42 Å². The van der Waals surface area contributed by atoms with Crippen LogP contribution >= 0.6 is 0 Å². The minimum Gasteiger partial charge on any atom is -0.375 e. The third kappa shape index (κ3) is 2.11. The molecule has 0 aromatic carbocycles. The Morgan fingerprint density at radius 3 is 2.62 bits per heavy atom. The summed E-state index contributed by atoms with van der Waals surface area (Å²) in [6.45, 7) is 0. The molecule has 1 saturated carbocycles. The average molecular weight is 245 g/mol. The van der Waals surface area contributed by atoms with E-state index in [0.717, 1.165) is 18.5 Å². The van der Waals surface area contributed by atoms with Crippen molar-refractivity contribution >= 4 is 10.0 Å². The molecule has 7 heteroatoms. The van der Waals surface area contributed by atoms with E-state index in [2.05, 4.69) is 5.10 Å². The first-order chi connectivity index (χ1) is 7.43. The predicted molar refractivity (Wildman–Crippen MR) is 57.1 cm³/mol. The van der Waals surface area contributed by atoms with Gasteiger partial charge in [0.2, 0.25) is 0 Å². The van der Waals surface area contributed by atoms with Crippen molar-refractivity contribution in [2.24, 2.45) is 18.1 Å². The maximum Gasteiger partial charge on any atom is 0.257 e. The first kappa shape index (κ1) is 11.6. The van der Waals surface area contributed by atoms with Crippen molar-refractivity contribution in [3.8, 4) is 0 Å². The van der Waals surface area contributed by atoms with Gasteiger partial charge in [0.15, 0.2) is 5.03 Å². The summed E-state index contributed by atoms with van der Waals surface area (Å²) in [5.41, 5.74) is 0.758. The van der Waals surface area contributed by atoms with E-state index in [-0.39, 0.29) is 11.1 Å². The topological polar surface area (TPSA) is 87.2 Å². The molecule has 1 aromatic rings. The first-order valence-electron chi connectivity index (χ1n) is 5.03. The second-order valence-electron chi connectivity index (χ2n) is 4.07. The highest BCUT2D eigenvalue weighted by molar-refractivity contribution is 7.89. The number of hydrogen-bond donors (Lipinski definition) is 1. The zero-order chi connectivity index (χ0) is 11.9. The fraction of sp³-hybridized carbons (Fsp3) is 0.667. The van der Waals surface area contributed by atoms with Gasteiger partial charge in [-0.25, -0.2) is 13.6 Å². The lowest BCUT2D eigenvalue weighted by atomic mass is 10.1. The monoisotopic (exact) mass is 245 g/mol. The number of primary sulfonamides is 1. The van der Waals surface area contributed by atoms with E-state index < -0.39 is 10.0 Å². The smallest absolute Gasteiger partial charge is 0.257 e. The average Bonchev–Trinajstić information content (AvgIpc) is 2.91. The van der Waals surface area contributed by atoms with Gasteiger partial charge in [0.1, 0.15) is 6.10 Å². The third-order valence-corrected chi connectivity index (χ3v) is 3.56. The van der Waals surface area contributed by atoms with Gasteiger partial charge in [-0.15, -0.1) is 0 Å². The number of sulfonamides is 1. The van der Waals surface area contributed by atoms with Gasteiger partial charge in [0.25, 0.3) is 10.0 Å². The minimum atomic E-state index is -3.74. The van der Waals surface area contributed by atoms with Crippen LogP contribution < -0.4 is 5.14 Å². The Balaban J connectivity index is 2.37. The van der Waals surface area contributed by atoms with Gasteiger partial charge >= 0.3 is 0 Å². The molecule has 1 atom stereocenters. The van der Waals surface area contributed by atoms with Crippen molar-refractivity contribution in [3.05, 3.63) is 11.8 Å². The third-order valence-electron chi connectivity index (χ3n) is 2.78. The number of methoxy groups -OCH3 is 1. The molecule has 6 nitrogen and oxygen atoms in total. The zero-order valence-corrected chi connectivity index (χ0v) is 10.1. The van der Waals surface area contributed by atoms with Crippen LogP contribution in [0.2, 0.25) is 0 Å². The second-order valence-corrected chi connectivity index (χ2v) is 5.58. The maximum atomic E-state index is 11.2. The van der Waals surface area contributed by atoms with Crippen molar-refractivity contribution < 1.29 is 13.2 Å². The van der Waals surface area contributed by atoms with E-state index in [1.165, 1.54) is 10.7 Å². The quantitative estimate of drug-likeness (QED) is 0.818. The summed E-state index contributed by atoms with van der Waals surface area (Å²) in [6.07, 6.45) is 2.12. The molecule has 16 heavy (non-hydrogen) atoms. The molecule has 1 aromatic heterocycles. The highest BCUT2D eigenvalue weighted by Crippen LogP contribution is 2.43. The molecule has 1 aliphatic rings. The van der Waals surface area contributed by atoms with E-state index in [1.54, 1.807) is 14.2 Å². The van der Waals surface area contributed by atoms with Crippen molar-refractivity contribution in [1.29, 1.82) is 0 Å². The van der Waals surface area contributed by atoms with Crippen LogP contribution in [0.4, 0.5) is 0 Å². The van der Waals surface area contributed by atoms with Gasteiger partial charge in [-0.3, -0.25) is 4.68 Å². The standard InChI is InChI=1S/C9H15N3O3S/c1-12-7(9(15-2)6-3-4-6)5-8(11-12)16(10,13)14/h5-6,9H,3-4H2,1-2H3,(H2,10,13,14). The summed E-state index contributed by atoms with van der Waals surface area (Å²) in [4.78, 5) is 0. The second kappa shape index (κ2) is 3.83. The molecule has 90 valence electrons. The van der Waals surface area contributed by atoms with Gasteiger partial charge in [-0.05, 0) is 18.8 Å².